The van der Waals surface area contributed by atoms with E-state index in [2.05, 4.69) is 9.97 Å². The highest BCUT2D eigenvalue weighted by Crippen LogP contribution is 2.18. The van der Waals surface area contributed by atoms with Crippen LogP contribution in [-0.2, 0) is 16.1 Å². The summed E-state index contributed by atoms with van der Waals surface area (Å²) in [4.78, 5) is 20.0. The average molecular weight is 288 g/mol. The Hall–Kier alpha value is -1.88. The molecular formula is C15H16N2O2S. The number of thioether (sulfide) groups is 1. The fraction of sp³-hybridized carbons (Fsp3) is 0.267. The highest BCUT2D eigenvalue weighted by Gasteiger charge is 2.15. The Bertz CT molecular complexity index is 534. The molecule has 1 atom stereocenters. The molecule has 1 aromatic carbocycles. The van der Waals surface area contributed by atoms with Crippen molar-refractivity contribution in [1.82, 2.24) is 9.97 Å². The fourth-order valence-corrected chi connectivity index (χ4v) is 2.34. The monoisotopic (exact) mass is 288 g/mol. The van der Waals surface area contributed by atoms with Crippen LogP contribution in [0.3, 0.4) is 0 Å². The molecule has 0 N–H and O–H groups in total. The van der Waals surface area contributed by atoms with Crippen molar-refractivity contribution in [3.63, 3.8) is 0 Å². The Morgan fingerprint density at radius 2 is 2.10 bits per heavy atom. The summed E-state index contributed by atoms with van der Waals surface area (Å²) in [6.45, 7) is 2.18. The van der Waals surface area contributed by atoms with Crippen molar-refractivity contribution in [2.75, 3.05) is 5.75 Å². The van der Waals surface area contributed by atoms with E-state index in [4.69, 9.17) is 4.74 Å². The Morgan fingerprint density at radius 3 is 2.80 bits per heavy atom. The summed E-state index contributed by atoms with van der Waals surface area (Å²) in [5.74, 6) is 0.266. The van der Waals surface area contributed by atoms with Gasteiger partial charge in [-0.1, -0.05) is 37.3 Å². The lowest BCUT2D eigenvalue weighted by Gasteiger charge is -2.10. The normalized spacial score (nSPS) is 11.8. The summed E-state index contributed by atoms with van der Waals surface area (Å²) in [6, 6.07) is 9.66. The van der Waals surface area contributed by atoms with Crippen LogP contribution in [0.4, 0.5) is 0 Å². The Labute approximate surface area is 122 Å². The van der Waals surface area contributed by atoms with E-state index in [-0.39, 0.29) is 11.9 Å². The molecule has 0 saturated carbocycles. The topological polar surface area (TPSA) is 52.1 Å². The zero-order valence-electron chi connectivity index (χ0n) is 11.2. The van der Waals surface area contributed by atoms with Gasteiger partial charge in [-0.25, -0.2) is 4.98 Å². The number of aromatic nitrogens is 2. The fourth-order valence-electron chi connectivity index (χ4n) is 1.51. The molecule has 0 saturated heterocycles. The van der Waals surface area contributed by atoms with Gasteiger partial charge in [0.1, 0.15) is 11.6 Å². The first kappa shape index (κ1) is 14.5. The standard InChI is InChI=1S/C15H16N2O2S/c1-12(11-20-14-9-16-7-8-17-14)15(18)19-10-13-5-3-2-4-6-13/h2-9,12H,10-11H2,1H3. The summed E-state index contributed by atoms with van der Waals surface area (Å²) in [6.07, 6.45) is 4.95. The van der Waals surface area contributed by atoms with Gasteiger partial charge in [0.2, 0.25) is 0 Å². The number of carbonyl (C=O) groups is 1. The van der Waals surface area contributed by atoms with Gasteiger partial charge in [-0.05, 0) is 5.56 Å². The minimum atomic E-state index is -0.190. The molecule has 20 heavy (non-hydrogen) atoms. The molecule has 1 unspecified atom stereocenters. The molecular weight excluding hydrogens is 272 g/mol. The third-order valence-electron chi connectivity index (χ3n) is 2.65. The van der Waals surface area contributed by atoms with Crippen LogP contribution in [0.1, 0.15) is 12.5 Å². The van der Waals surface area contributed by atoms with Crippen LogP contribution in [0.5, 0.6) is 0 Å². The van der Waals surface area contributed by atoms with Crippen LogP contribution in [0, 0.1) is 5.92 Å². The molecule has 0 amide bonds. The Morgan fingerprint density at radius 1 is 1.30 bits per heavy atom. The molecule has 0 aliphatic carbocycles. The van der Waals surface area contributed by atoms with Gasteiger partial charge in [-0.3, -0.25) is 9.78 Å². The van der Waals surface area contributed by atoms with Gasteiger partial charge in [-0.15, -0.1) is 11.8 Å². The second-order valence-corrected chi connectivity index (χ2v) is 5.39. The third kappa shape index (κ3) is 4.66. The second kappa shape index (κ2) is 7.65. The number of esters is 1. The van der Waals surface area contributed by atoms with Crippen molar-refractivity contribution in [2.24, 2.45) is 5.92 Å². The molecule has 0 radical (unpaired) electrons. The van der Waals surface area contributed by atoms with Crippen molar-refractivity contribution >= 4 is 17.7 Å². The van der Waals surface area contributed by atoms with E-state index < -0.39 is 0 Å². The summed E-state index contributed by atoms with van der Waals surface area (Å²) < 4.78 is 5.29. The quantitative estimate of drug-likeness (QED) is 0.604. The molecule has 1 heterocycles. The first-order chi connectivity index (χ1) is 9.75. The molecule has 2 aromatic rings. The summed E-state index contributed by atoms with van der Waals surface area (Å²) in [7, 11) is 0. The molecule has 5 heteroatoms. The lowest BCUT2D eigenvalue weighted by Crippen LogP contribution is -2.16. The maximum absolute atomic E-state index is 11.9. The third-order valence-corrected chi connectivity index (χ3v) is 3.82. The van der Waals surface area contributed by atoms with E-state index in [9.17, 15) is 4.79 Å². The molecule has 104 valence electrons. The van der Waals surface area contributed by atoms with E-state index in [0.29, 0.717) is 12.4 Å². The Balaban J connectivity index is 1.75. The van der Waals surface area contributed by atoms with Crippen LogP contribution in [-0.4, -0.2) is 21.7 Å². The number of rotatable bonds is 6. The van der Waals surface area contributed by atoms with Gasteiger partial charge in [0.25, 0.3) is 0 Å². The summed E-state index contributed by atoms with van der Waals surface area (Å²) >= 11 is 1.50. The van der Waals surface area contributed by atoms with Crippen LogP contribution in [0.25, 0.3) is 0 Å². The summed E-state index contributed by atoms with van der Waals surface area (Å²) in [5, 5.41) is 0.815. The average Bonchev–Trinajstić information content (AvgIpc) is 2.52. The molecule has 0 bridgehead atoms. The van der Waals surface area contributed by atoms with Crippen molar-refractivity contribution in [3.05, 3.63) is 54.5 Å². The lowest BCUT2D eigenvalue weighted by molar-refractivity contribution is -0.148. The highest BCUT2D eigenvalue weighted by molar-refractivity contribution is 7.99. The van der Waals surface area contributed by atoms with E-state index in [1.54, 1.807) is 18.6 Å². The largest absolute Gasteiger partial charge is 0.461 e. The van der Waals surface area contributed by atoms with Gasteiger partial charge >= 0.3 is 5.97 Å². The van der Waals surface area contributed by atoms with Crippen molar-refractivity contribution < 1.29 is 9.53 Å². The van der Waals surface area contributed by atoms with Crippen molar-refractivity contribution in [3.8, 4) is 0 Å². The van der Waals surface area contributed by atoms with Gasteiger partial charge in [-0.2, -0.15) is 0 Å². The smallest absolute Gasteiger partial charge is 0.309 e. The number of nitrogens with zero attached hydrogens (tertiary/aromatic N) is 2. The summed E-state index contributed by atoms with van der Waals surface area (Å²) in [5.41, 5.74) is 0.995. The van der Waals surface area contributed by atoms with Gasteiger partial charge in [0.15, 0.2) is 0 Å². The molecule has 0 aliphatic heterocycles. The first-order valence-corrected chi connectivity index (χ1v) is 7.33. The number of benzene rings is 1. The van der Waals surface area contributed by atoms with Crippen molar-refractivity contribution in [1.29, 1.82) is 0 Å². The zero-order chi connectivity index (χ0) is 14.2. The van der Waals surface area contributed by atoms with E-state index in [1.807, 2.05) is 37.3 Å². The van der Waals surface area contributed by atoms with Gasteiger partial charge in [0.05, 0.1) is 12.1 Å². The minimum absolute atomic E-state index is 0.175. The van der Waals surface area contributed by atoms with Crippen LogP contribution in [0.15, 0.2) is 53.9 Å². The maximum Gasteiger partial charge on any atom is 0.309 e. The number of hydrogen-bond acceptors (Lipinski definition) is 5. The van der Waals surface area contributed by atoms with E-state index in [0.717, 1.165) is 10.6 Å². The van der Waals surface area contributed by atoms with E-state index in [1.165, 1.54) is 11.8 Å². The number of carbonyl (C=O) groups excluding carboxylic acids is 1. The zero-order valence-corrected chi connectivity index (χ0v) is 12.0. The maximum atomic E-state index is 11.9. The van der Waals surface area contributed by atoms with Crippen LogP contribution in [0.2, 0.25) is 0 Å². The molecule has 1 aromatic heterocycles. The molecule has 0 aliphatic rings. The molecule has 4 nitrogen and oxygen atoms in total. The van der Waals surface area contributed by atoms with Gasteiger partial charge in [0, 0.05) is 18.1 Å². The number of hydrogen-bond donors (Lipinski definition) is 0. The lowest BCUT2D eigenvalue weighted by atomic mass is 10.2. The first-order valence-electron chi connectivity index (χ1n) is 6.35. The number of ether oxygens (including phenoxy) is 1. The Kier molecular flexibility index (Phi) is 5.55. The van der Waals surface area contributed by atoms with Crippen molar-refractivity contribution in [2.45, 2.75) is 18.6 Å². The van der Waals surface area contributed by atoms with Crippen LogP contribution < -0.4 is 0 Å². The highest BCUT2D eigenvalue weighted by atomic mass is 32.2. The minimum Gasteiger partial charge on any atom is -0.461 e. The predicted octanol–water partition coefficient (Wildman–Crippen LogP) is 2.95. The second-order valence-electron chi connectivity index (χ2n) is 4.35. The molecule has 0 spiro atoms. The molecule has 2 rings (SSSR count). The predicted molar refractivity (Wildman–Crippen MR) is 78.2 cm³/mol. The van der Waals surface area contributed by atoms with Gasteiger partial charge < -0.3 is 4.74 Å². The SMILES string of the molecule is CC(CSc1cnccn1)C(=O)OCc1ccccc1. The molecule has 0 fully saturated rings. The van der Waals surface area contributed by atoms with E-state index >= 15 is 0 Å². The van der Waals surface area contributed by atoms with Crippen LogP contribution >= 0.6 is 11.8 Å².